The first-order valence-corrected chi connectivity index (χ1v) is 10.6. The van der Waals surface area contributed by atoms with E-state index in [2.05, 4.69) is 11.8 Å². The van der Waals surface area contributed by atoms with Gasteiger partial charge in [-0.3, -0.25) is 9.69 Å². The van der Waals surface area contributed by atoms with E-state index in [4.69, 9.17) is 9.84 Å². The molecule has 1 amide bonds. The number of cyclic esters (lactones) is 1. The van der Waals surface area contributed by atoms with Gasteiger partial charge in [-0.25, -0.2) is 13.2 Å². The highest BCUT2D eigenvalue weighted by Gasteiger charge is 2.48. The van der Waals surface area contributed by atoms with E-state index in [9.17, 15) is 23.1 Å². The summed E-state index contributed by atoms with van der Waals surface area (Å²) in [6.45, 7) is 1.26. The molecule has 0 aromatic heterocycles. The third kappa shape index (κ3) is 4.82. The van der Waals surface area contributed by atoms with Crippen LogP contribution >= 0.6 is 0 Å². The molecular formula is C19H23NO7S. The Balaban J connectivity index is 2.10. The van der Waals surface area contributed by atoms with Crippen molar-refractivity contribution < 1.29 is 33.0 Å². The SMILES string of the molecule is C[C@@](C[C@H]1CN(c2ccc(C#CCCCO)cc2)C(=O)O1)(C(=O)O)S(C)(=O)=O. The quantitative estimate of drug-likeness (QED) is 0.516. The van der Waals surface area contributed by atoms with E-state index in [1.54, 1.807) is 24.3 Å². The lowest BCUT2D eigenvalue weighted by atomic mass is 10.0. The Morgan fingerprint density at radius 2 is 2.00 bits per heavy atom. The Hall–Kier alpha value is -2.57. The predicted molar refractivity (Wildman–Crippen MR) is 103 cm³/mol. The van der Waals surface area contributed by atoms with Crippen molar-refractivity contribution in [3.63, 3.8) is 0 Å². The van der Waals surface area contributed by atoms with Gasteiger partial charge in [0.05, 0.1) is 6.54 Å². The van der Waals surface area contributed by atoms with Gasteiger partial charge in [-0.05, 0) is 37.6 Å². The first kappa shape index (κ1) is 21.7. The number of carbonyl (C=O) groups is 2. The molecule has 1 aliphatic heterocycles. The molecule has 1 aromatic rings. The van der Waals surface area contributed by atoms with Crippen molar-refractivity contribution in [2.24, 2.45) is 0 Å². The van der Waals surface area contributed by atoms with Gasteiger partial charge in [-0.15, -0.1) is 0 Å². The molecule has 8 nitrogen and oxygen atoms in total. The molecule has 0 saturated carbocycles. The summed E-state index contributed by atoms with van der Waals surface area (Å²) >= 11 is 0. The molecule has 0 bridgehead atoms. The second-order valence-corrected chi connectivity index (χ2v) is 9.25. The number of rotatable bonds is 7. The van der Waals surface area contributed by atoms with Crippen molar-refractivity contribution in [3.8, 4) is 11.8 Å². The summed E-state index contributed by atoms with van der Waals surface area (Å²) < 4.78 is 27.0. The van der Waals surface area contributed by atoms with E-state index < -0.39 is 32.8 Å². The summed E-state index contributed by atoms with van der Waals surface area (Å²) in [5.74, 6) is 4.40. The third-order valence-corrected chi connectivity index (χ3v) is 6.61. The molecular weight excluding hydrogens is 386 g/mol. The fraction of sp³-hybridized carbons (Fsp3) is 0.474. The van der Waals surface area contributed by atoms with Gasteiger partial charge >= 0.3 is 12.1 Å². The van der Waals surface area contributed by atoms with Crippen LogP contribution in [0.4, 0.5) is 10.5 Å². The molecule has 28 heavy (non-hydrogen) atoms. The summed E-state index contributed by atoms with van der Waals surface area (Å²) in [4.78, 5) is 25.0. The fourth-order valence-corrected chi connectivity index (χ4v) is 3.53. The number of hydrogen-bond acceptors (Lipinski definition) is 6. The third-order valence-electron chi connectivity index (χ3n) is 4.63. The zero-order valence-corrected chi connectivity index (χ0v) is 16.5. The Morgan fingerprint density at radius 1 is 1.36 bits per heavy atom. The summed E-state index contributed by atoms with van der Waals surface area (Å²) in [5.41, 5.74) is 1.30. The number of hydrogen-bond donors (Lipinski definition) is 2. The highest BCUT2D eigenvalue weighted by molar-refractivity contribution is 7.92. The van der Waals surface area contributed by atoms with Crippen LogP contribution in [-0.4, -0.2) is 61.0 Å². The first-order valence-electron chi connectivity index (χ1n) is 8.69. The molecule has 2 atom stereocenters. The molecule has 1 aliphatic rings. The van der Waals surface area contributed by atoms with Gasteiger partial charge in [0.1, 0.15) is 6.10 Å². The van der Waals surface area contributed by atoms with Gasteiger partial charge in [0.25, 0.3) is 0 Å². The predicted octanol–water partition coefficient (Wildman–Crippen LogP) is 1.41. The van der Waals surface area contributed by atoms with E-state index in [0.717, 1.165) is 18.7 Å². The second-order valence-electron chi connectivity index (χ2n) is 6.80. The minimum absolute atomic E-state index is 0.0543. The van der Waals surface area contributed by atoms with Crippen LogP contribution in [0.3, 0.4) is 0 Å². The maximum atomic E-state index is 12.2. The maximum Gasteiger partial charge on any atom is 0.414 e. The lowest BCUT2D eigenvalue weighted by Crippen LogP contribution is -2.46. The minimum Gasteiger partial charge on any atom is -0.480 e. The number of nitrogens with zero attached hydrogens (tertiary/aromatic N) is 1. The van der Waals surface area contributed by atoms with E-state index >= 15 is 0 Å². The number of carboxylic acid groups (broad SMARTS) is 1. The van der Waals surface area contributed by atoms with E-state index in [1.807, 2.05) is 0 Å². The molecule has 1 heterocycles. The number of carboxylic acids is 1. The molecule has 2 N–H and O–H groups in total. The highest BCUT2D eigenvalue weighted by Crippen LogP contribution is 2.30. The number of anilines is 1. The Bertz CT molecular complexity index is 898. The Labute approximate surface area is 164 Å². The first-order chi connectivity index (χ1) is 13.1. The van der Waals surface area contributed by atoms with E-state index in [-0.39, 0.29) is 19.6 Å². The van der Waals surface area contributed by atoms with Crippen LogP contribution in [-0.2, 0) is 19.4 Å². The monoisotopic (exact) mass is 409 g/mol. The van der Waals surface area contributed by atoms with E-state index in [1.165, 1.54) is 4.90 Å². The van der Waals surface area contributed by atoms with Crippen LogP contribution in [0.2, 0.25) is 0 Å². The molecule has 1 saturated heterocycles. The van der Waals surface area contributed by atoms with E-state index in [0.29, 0.717) is 18.5 Å². The van der Waals surface area contributed by atoms with Crippen LogP contribution in [0.25, 0.3) is 0 Å². The highest BCUT2D eigenvalue weighted by atomic mass is 32.2. The van der Waals surface area contributed by atoms with Crippen molar-refractivity contribution in [2.45, 2.75) is 37.0 Å². The average Bonchev–Trinajstić information content (AvgIpc) is 2.98. The molecule has 1 fully saturated rings. The standard InChI is InChI=1S/C19H23NO7S/c1-19(17(22)23,28(2,25)26)12-16-13-20(18(24)27-16)15-9-7-14(8-10-15)6-4-3-5-11-21/h7-10,16,21H,3,5,11-13H2,1-2H3,(H,22,23)/t16-,19+/m0/s1. The van der Waals surface area contributed by atoms with Crippen LogP contribution in [0, 0.1) is 11.8 Å². The minimum atomic E-state index is -3.91. The molecule has 0 unspecified atom stereocenters. The zero-order valence-electron chi connectivity index (χ0n) is 15.7. The smallest absolute Gasteiger partial charge is 0.414 e. The van der Waals surface area contributed by atoms with Crippen molar-refractivity contribution in [1.29, 1.82) is 0 Å². The topological polar surface area (TPSA) is 121 Å². The molecule has 1 aromatic carbocycles. The lowest BCUT2D eigenvalue weighted by Gasteiger charge is -2.24. The van der Waals surface area contributed by atoms with Gasteiger partial charge in [-0.2, -0.15) is 0 Å². The molecule has 0 spiro atoms. The number of aliphatic hydroxyl groups is 1. The number of sulfone groups is 1. The van der Waals surface area contributed by atoms with Gasteiger partial charge in [0.2, 0.25) is 0 Å². The Kier molecular flexibility index (Phi) is 6.69. The molecule has 152 valence electrons. The van der Waals surface area contributed by atoms with Crippen molar-refractivity contribution in [3.05, 3.63) is 29.8 Å². The largest absolute Gasteiger partial charge is 0.480 e. The number of ether oxygens (including phenoxy) is 1. The fourth-order valence-electron chi connectivity index (χ4n) is 2.73. The number of amides is 1. The summed E-state index contributed by atoms with van der Waals surface area (Å²) in [6.07, 6.45) is 0.193. The normalized spacial score (nSPS) is 18.8. The average molecular weight is 409 g/mol. The van der Waals surface area contributed by atoms with Crippen LogP contribution < -0.4 is 4.90 Å². The number of benzene rings is 1. The number of aliphatic carboxylic acids is 1. The maximum absolute atomic E-state index is 12.2. The second kappa shape index (κ2) is 8.63. The van der Waals surface area contributed by atoms with Crippen molar-refractivity contribution >= 4 is 27.6 Å². The Morgan fingerprint density at radius 3 is 2.54 bits per heavy atom. The van der Waals surface area contributed by atoms with Gasteiger partial charge in [0.15, 0.2) is 14.6 Å². The zero-order chi connectivity index (χ0) is 20.9. The number of unbranched alkanes of at least 4 members (excludes halogenated alkanes) is 1. The molecule has 0 radical (unpaired) electrons. The molecule has 0 aliphatic carbocycles. The van der Waals surface area contributed by atoms with Crippen LogP contribution in [0.5, 0.6) is 0 Å². The summed E-state index contributed by atoms with van der Waals surface area (Å²) in [6, 6.07) is 6.85. The van der Waals surface area contributed by atoms with Gasteiger partial charge < -0.3 is 14.9 Å². The molecule has 9 heteroatoms. The van der Waals surface area contributed by atoms with Crippen LogP contribution in [0.1, 0.15) is 31.7 Å². The van der Waals surface area contributed by atoms with Crippen molar-refractivity contribution in [1.82, 2.24) is 0 Å². The lowest BCUT2D eigenvalue weighted by molar-refractivity contribution is -0.140. The number of aliphatic hydroxyl groups excluding tert-OH is 1. The summed E-state index contributed by atoms with van der Waals surface area (Å²) in [5, 5.41) is 18.1. The van der Waals surface area contributed by atoms with Crippen molar-refractivity contribution in [2.75, 3.05) is 24.3 Å². The van der Waals surface area contributed by atoms with Crippen LogP contribution in [0.15, 0.2) is 24.3 Å². The van der Waals surface area contributed by atoms with Gasteiger partial charge in [-0.1, -0.05) is 11.8 Å². The number of carbonyl (C=O) groups excluding carboxylic acids is 1. The van der Waals surface area contributed by atoms with Gasteiger partial charge in [0, 0.05) is 37.0 Å². The summed E-state index contributed by atoms with van der Waals surface area (Å²) in [7, 11) is -3.91. The molecule has 2 rings (SSSR count).